The van der Waals surface area contributed by atoms with Crippen LogP contribution >= 0.6 is 15.9 Å². The van der Waals surface area contributed by atoms with E-state index in [-0.39, 0.29) is 16.8 Å². The molecule has 0 saturated heterocycles. The van der Waals surface area contributed by atoms with Crippen LogP contribution < -0.4 is 5.32 Å². The number of sulfone groups is 1. The summed E-state index contributed by atoms with van der Waals surface area (Å²) in [7, 11) is -3.19. The quantitative estimate of drug-likeness (QED) is 0.877. The van der Waals surface area contributed by atoms with E-state index in [0.717, 1.165) is 11.3 Å². The molecular weight excluding hydrogens is 357 g/mol. The van der Waals surface area contributed by atoms with E-state index in [0.29, 0.717) is 4.47 Å². The Hall–Kier alpha value is -1.40. The Bertz CT molecular complexity index is 745. The summed E-state index contributed by atoms with van der Waals surface area (Å²) in [5, 5.41) is 3.25. The summed E-state index contributed by atoms with van der Waals surface area (Å²) in [6, 6.07) is 11.4. The van der Waals surface area contributed by atoms with Gasteiger partial charge < -0.3 is 5.32 Å². The Morgan fingerprint density at radius 1 is 1.14 bits per heavy atom. The molecule has 0 fully saturated rings. The van der Waals surface area contributed by atoms with Gasteiger partial charge >= 0.3 is 0 Å². The number of hydrogen-bond acceptors (Lipinski definition) is 3. The third-order valence-corrected chi connectivity index (χ3v) is 4.85. The second-order valence-corrected chi connectivity index (χ2v) is 7.71. The number of rotatable bonds is 4. The van der Waals surface area contributed by atoms with Gasteiger partial charge in [0.05, 0.1) is 9.37 Å². The fourth-order valence-corrected chi connectivity index (χ4v) is 2.94. The van der Waals surface area contributed by atoms with E-state index in [9.17, 15) is 12.8 Å². The van der Waals surface area contributed by atoms with E-state index >= 15 is 0 Å². The van der Waals surface area contributed by atoms with Crippen LogP contribution in [0, 0.1) is 5.82 Å². The number of halogens is 2. The number of benzene rings is 2. The molecule has 0 radical (unpaired) electrons. The summed E-state index contributed by atoms with van der Waals surface area (Å²) in [6.07, 6.45) is 1.17. The number of nitrogens with one attached hydrogen (secondary N) is 1. The first-order chi connectivity index (χ1) is 9.77. The minimum absolute atomic E-state index is 0.0361. The van der Waals surface area contributed by atoms with Gasteiger partial charge in [-0.1, -0.05) is 6.07 Å². The SMILES string of the molecule is CC(Nc1ccc(S(C)(=O)=O)cc1)c1ccc(F)c(Br)c1. The van der Waals surface area contributed by atoms with Crippen LogP contribution in [0.1, 0.15) is 18.5 Å². The van der Waals surface area contributed by atoms with Crippen LogP contribution in [0.5, 0.6) is 0 Å². The first-order valence-corrected chi connectivity index (χ1v) is 8.97. The molecule has 0 amide bonds. The minimum atomic E-state index is -3.19. The fraction of sp³-hybridized carbons (Fsp3) is 0.200. The zero-order valence-electron chi connectivity index (χ0n) is 11.6. The van der Waals surface area contributed by atoms with Gasteiger partial charge in [0.25, 0.3) is 0 Å². The molecule has 0 heterocycles. The molecule has 0 spiro atoms. The molecule has 2 aromatic carbocycles. The van der Waals surface area contributed by atoms with Gasteiger partial charge in [0.1, 0.15) is 5.82 Å². The summed E-state index contributed by atoms with van der Waals surface area (Å²) in [5.74, 6) is -0.302. The van der Waals surface area contributed by atoms with Gasteiger partial charge in [-0.3, -0.25) is 0 Å². The van der Waals surface area contributed by atoms with Gasteiger partial charge in [-0.25, -0.2) is 12.8 Å². The van der Waals surface area contributed by atoms with Crippen LogP contribution in [-0.2, 0) is 9.84 Å². The standard InChI is InChI=1S/C15H15BrFNO2S/c1-10(11-3-8-15(17)14(16)9-11)18-12-4-6-13(7-5-12)21(2,19)20/h3-10,18H,1-2H3. The molecule has 0 saturated carbocycles. The maximum absolute atomic E-state index is 13.2. The van der Waals surface area contributed by atoms with Crippen molar-refractivity contribution in [1.82, 2.24) is 0 Å². The average Bonchev–Trinajstić information content (AvgIpc) is 2.41. The Morgan fingerprint density at radius 3 is 2.29 bits per heavy atom. The lowest BCUT2D eigenvalue weighted by Gasteiger charge is -2.16. The molecule has 2 rings (SSSR count). The zero-order valence-corrected chi connectivity index (χ0v) is 14.0. The monoisotopic (exact) mass is 371 g/mol. The molecule has 2 aromatic rings. The fourth-order valence-electron chi connectivity index (χ4n) is 1.91. The van der Waals surface area contributed by atoms with Crippen LogP contribution in [0.3, 0.4) is 0 Å². The lowest BCUT2D eigenvalue weighted by molar-refractivity contribution is 0.602. The average molecular weight is 372 g/mol. The van der Waals surface area contributed by atoms with Crippen LogP contribution in [0.15, 0.2) is 51.8 Å². The summed E-state index contributed by atoms with van der Waals surface area (Å²) in [4.78, 5) is 0.283. The molecule has 1 atom stereocenters. The van der Waals surface area contributed by atoms with Crippen LogP contribution in [-0.4, -0.2) is 14.7 Å². The van der Waals surface area contributed by atoms with Crippen molar-refractivity contribution < 1.29 is 12.8 Å². The van der Waals surface area contributed by atoms with Crippen molar-refractivity contribution in [1.29, 1.82) is 0 Å². The first kappa shape index (κ1) is 16.0. The summed E-state index contributed by atoms with van der Waals surface area (Å²) in [5.41, 5.74) is 1.73. The van der Waals surface area contributed by atoms with E-state index < -0.39 is 9.84 Å². The molecular formula is C15H15BrFNO2S. The van der Waals surface area contributed by atoms with Crippen LogP contribution in [0.4, 0.5) is 10.1 Å². The van der Waals surface area contributed by atoms with Gasteiger partial charge in [-0.05, 0) is 64.8 Å². The Balaban J connectivity index is 2.15. The van der Waals surface area contributed by atoms with Crippen molar-refractivity contribution in [3.05, 3.63) is 58.3 Å². The third kappa shape index (κ3) is 4.04. The van der Waals surface area contributed by atoms with Gasteiger partial charge in [-0.2, -0.15) is 0 Å². The lowest BCUT2D eigenvalue weighted by atomic mass is 10.1. The molecule has 0 aliphatic heterocycles. The molecule has 1 N–H and O–H groups in total. The summed E-state index contributed by atoms with van der Waals surface area (Å²) < 4.78 is 36.4. The summed E-state index contributed by atoms with van der Waals surface area (Å²) in [6.45, 7) is 1.95. The van der Waals surface area contributed by atoms with Gasteiger partial charge in [0, 0.05) is 18.0 Å². The van der Waals surface area contributed by atoms with E-state index in [1.54, 1.807) is 36.4 Å². The molecule has 21 heavy (non-hydrogen) atoms. The van der Waals surface area contributed by atoms with Gasteiger partial charge in [0.15, 0.2) is 9.84 Å². The predicted octanol–water partition coefficient (Wildman–Crippen LogP) is 4.16. The molecule has 0 aromatic heterocycles. The van der Waals surface area contributed by atoms with E-state index in [2.05, 4.69) is 21.2 Å². The van der Waals surface area contributed by atoms with Crippen molar-refractivity contribution >= 4 is 31.5 Å². The first-order valence-electron chi connectivity index (χ1n) is 6.29. The Morgan fingerprint density at radius 2 is 1.76 bits per heavy atom. The smallest absolute Gasteiger partial charge is 0.175 e. The molecule has 112 valence electrons. The molecule has 1 unspecified atom stereocenters. The van der Waals surface area contributed by atoms with E-state index in [4.69, 9.17) is 0 Å². The largest absolute Gasteiger partial charge is 0.379 e. The van der Waals surface area contributed by atoms with Crippen molar-refractivity contribution in [2.75, 3.05) is 11.6 Å². The highest BCUT2D eigenvalue weighted by Crippen LogP contribution is 2.24. The van der Waals surface area contributed by atoms with Crippen molar-refractivity contribution in [2.45, 2.75) is 17.9 Å². The highest BCUT2D eigenvalue weighted by Gasteiger charge is 2.10. The lowest BCUT2D eigenvalue weighted by Crippen LogP contribution is -2.07. The topological polar surface area (TPSA) is 46.2 Å². The van der Waals surface area contributed by atoms with Crippen molar-refractivity contribution in [3.8, 4) is 0 Å². The molecule has 6 heteroatoms. The normalized spacial score (nSPS) is 13.0. The third-order valence-electron chi connectivity index (χ3n) is 3.11. The minimum Gasteiger partial charge on any atom is -0.379 e. The molecule has 3 nitrogen and oxygen atoms in total. The van der Waals surface area contributed by atoms with Gasteiger partial charge in [0.2, 0.25) is 0 Å². The number of hydrogen-bond donors (Lipinski definition) is 1. The second kappa shape index (κ2) is 6.15. The highest BCUT2D eigenvalue weighted by atomic mass is 79.9. The van der Waals surface area contributed by atoms with Crippen molar-refractivity contribution in [2.24, 2.45) is 0 Å². The Labute approximate surface area is 132 Å². The van der Waals surface area contributed by atoms with E-state index in [1.165, 1.54) is 12.3 Å². The van der Waals surface area contributed by atoms with Gasteiger partial charge in [-0.15, -0.1) is 0 Å². The number of anilines is 1. The second-order valence-electron chi connectivity index (χ2n) is 4.84. The zero-order chi connectivity index (χ0) is 15.6. The highest BCUT2D eigenvalue weighted by molar-refractivity contribution is 9.10. The molecule has 0 bridgehead atoms. The maximum Gasteiger partial charge on any atom is 0.175 e. The summed E-state index contributed by atoms with van der Waals surface area (Å²) >= 11 is 3.16. The van der Waals surface area contributed by atoms with Crippen LogP contribution in [0.2, 0.25) is 0 Å². The maximum atomic E-state index is 13.2. The predicted molar refractivity (Wildman–Crippen MR) is 85.7 cm³/mol. The molecule has 0 aliphatic carbocycles. The van der Waals surface area contributed by atoms with E-state index in [1.807, 2.05) is 6.92 Å². The van der Waals surface area contributed by atoms with Crippen LogP contribution in [0.25, 0.3) is 0 Å². The van der Waals surface area contributed by atoms with Crippen molar-refractivity contribution in [3.63, 3.8) is 0 Å². The molecule has 0 aliphatic rings. The Kier molecular flexibility index (Phi) is 4.68.